The van der Waals surface area contributed by atoms with E-state index in [1.165, 1.54) is 31.3 Å². The van der Waals surface area contributed by atoms with Crippen LogP contribution in [-0.4, -0.2) is 116 Å². The van der Waals surface area contributed by atoms with Gasteiger partial charge in [0.15, 0.2) is 10.3 Å². The molecule has 340 valence electrons. The first-order chi connectivity index (χ1) is 30.7. The van der Waals surface area contributed by atoms with E-state index in [2.05, 4.69) is 0 Å². The van der Waals surface area contributed by atoms with Gasteiger partial charge in [-0.25, -0.2) is 44.4 Å². The summed E-state index contributed by atoms with van der Waals surface area (Å²) in [7, 11) is -1.77. The van der Waals surface area contributed by atoms with Crippen molar-refractivity contribution < 1.29 is 53.3 Å². The number of anilines is 2. The molecule has 0 spiro atoms. The fraction of sp³-hybridized carbons (Fsp3) is 0.286. The fourth-order valence-electron chi connectivity index (χ4n) is 6.98. The smallest absolute Gasteiger partial charge is 0.246 e. The lowest BCUT2D eigenvalue weighted by atomic mass is 10.1. The van der Waals surface area contributed by atoms with Crippen molar-refractivity contribution in [2.75, 3.05) is 90.6 Å². The van der Waals surface area contributed by atoms with Gasteiger partial charge in [-0.3, -0.25) is 0 Å². The highest BCUT2D eigenvalue weighted by Crippen LogP contribution is 2.38. The Morgan fingerprint density at radius 2 is 0.938 bits per heavy atom. The van der Waals surface area contributed by atoms with Crippen molar-refractivity contribution in [2.24, 2.45) is 0 Å². The monoisotopic (exact) mass is 962 g/mol. The van der Waals surface area contributed by atoms with Crippen LogP contribution in [0.3, 0.4) is 0 Å². The molecule has 2 aromatic heterocycles. The minimum atomic E-state index is -4.05. The summed E-state index contributed by atoms with van der Waals surface area (Å²) in [5.41, 5.74) is 3.09. The van der Waals surface area contributed by atoms with Crippen molar-refractivity contribution in [3.8, 4) is 45.5 Å². The number of sulfonamides is 2. The Balaban J connectivity index is 0.000000191. The fourth-order valence-corrected chi connectivity index (χ4v) is 11.7. The minimum absolute atomic E-state index is 0.163. The summed E-state index contributed by atoms with van der Waals surface area (Å²) < 4.78 is 129. The lowest BCUT2D eigenvalue weighted by Crippen LogP contribution is -2.48. The van der Waals surface area contributed by atoms with E-state index in [-0.39, 0.29) is 26.2 Å². The minimum Gasteiger partial charge on any atom is -0.497 e. The summed E-state index contributed by atoms with van der Waals surface area (Å²) >= 11 is 2.89. The van der Waals surface area contributed by atoms with E-state index in [1.54, 1.807) is 40.6 Å². The van der Waals surface area contributed by atoms with Crippen LogP contribution in [-0.2, 0) is 20.0 Å². The summed E-state index contributed by atoms with van der Waals surface area (Å²) in [4.78, 5) is 12.3. The normalized spacial score (nSPS) is 15.1. The van der Waals surface area contributed by atoms with Gasteiger partial charge in [0.25, 0.3) is 0 Å². The highest BCUT2D eigenvalue weighted by Gasteiger charge is 2.33. The van der Waals surface area contributed by atoms with Crippen LogP contribution in [0.1, 0.15) is 0 Å². The number of hydrogen-bond donors (Lipinski definition) is 0. The van der Waals surface area contributed by atoms with Crippen LogP contribution in [0.25, 0.3) is 22.5 Å². The zero-order valence-electron chi connectivity index (χ0n) is 34.8. The maximum Gasteiger partial charge on any atom is 0.246 e. The van der Waals surface area contributed by atoms with Gasteiger partial charge in [-0.1, -0.05) is 0 Å². The second kappa shape index (κ2) is 19.7. The van der Waals surface area contributed by atoms with Gasteiger partial charge in [-0.05, 0) is 54.6 Å². The first kappa shape index (κ1) is 46.5. The number of aromatic nitrogens is 2. The van der Waals surface area contributed by atoms with Gasteiger partial charge in [0.2, 0.25) is 20.0 Å². The van der Waals surface area contributed by atoms with Crippen molar-refractivity contribution in [2.45, 2.75) is 9.79 Å². The van der Waals surface area contributed by atoms with E-state index >= 15 is 0 Å². The van der Waals surface area contributed by atoms with Gasteiger partial charge in [0.05, 0.1) is 39.8 Å². The van der Waals surface area contributed by atoms with Crippen LogP contribution >= 0.6 is 22.7 Å². The molecule has 4 aromatic carbocycles. The van der Waals surface area contributed by atoms with Crippen molar-refractivity contribution >= 4 is 53.0 Å². The van der Waals surface area contributed by atoms with E-state index < -0.39 is 53.1 Å². The van der Waals surface area contributed by atoms with E-state index in [9.17, 15) is 34.4 Å². The average molecular weight is 963 g/mol. The molecule has 0 atom stereocenters. The molecule has 4 heterocycles. The van der Waals surface area contributed by atoms with Gasteiger partial charge in [0, 0.05) is 92.4 Å². The van der Waals surface area contributed by atoms with E-state index in [4.69, 9.17) is 28.9 Å². The Hall–Kier alpha value is -5.52. The predicted octanol–water partition coefficient (Wildman–Crippen LogP) is 7.23. The van der Waals surface area contributed by atoms with E-state index in [0.29, 0.717) is 61.3 Å². The first-order valence-corrected chi connectivity index (χ1v) is 24.1. The molecule has 2 aliphatic rings. The number of halogens is 4. The lowest BCUT2D eigenvalue weighted by molar-refractivity contribution is 0.381. The predicted molar refractivity (Wildman–Crippen MR) is 236 cm³/mol. The van der Waals surface area contributed by atoms with E-state index in [1.807, 2.05) is 44.8 Å². The van der Waals surface area contributed by atoms with Crippen LogP contribution in [0, 0.1) is 23.3 Å². The van der Waals surface area contributed by atoms with Crippen LogP contribution in [0.4, 0.5) is 27.8 Å². The molecule has 0 amide bonds. The summed E-state index contributed by atoms with van der Waals surface area (Å²) in [6.45, 7) is 2.24. The molecule has 2 fully saturated rings. The summed E-state index contributed by atoms with van der Waals surface area (Å²) in [5.74, 6) is -1.16. The number of ether oxygens (including phenoxy) is 4. The Labute approximate surface area is 375 Å². The molecule has 0 saturated carbocycles. The van der Waals surface area contributed by atoms with Crippen molar-refractivity contribution in [1.29, 1.82) is 0 Å². The Morgan fingerprint density at radius 3 is 1.38 bits per heavy atom. The second-order valence-corrected chi connectivity index (χ2v) is 19.6. The lowest BCUT2D eigenvalue weighted by Gasteiger charge is -2.33. The maximum atomic E-state index is 14.0. The Morgan fingerprint density at radius 1 is 0.500 bits per heavy atom. The number of piperazine rings is 2. The quantitative estimate of drug-likeness (QED) is 0.114. The van der Waals surface area contributed by atoms with Crippen molar-refractivity contribution in [3.63, 3.8) is 0 Å². The Kier molecular flexibility index (Phi) is 14.3. The highest BCUT2D eigenvalue weighted by molar-refractivity contribution is 7.89. The Bertz CT molecular complexity index is 2830. The average Bonchev–Trinajstić information content (AvgIpc) is 4.00. The molecule has 22 heteroatoms. The zero-order valence-corrected chi connectivity index (χ0v) is 38.1. The molecular weight excluding hydrogens is 921 g/mol. The molecule has 0 bridgehead atoms. The third-order valence-corrected chi connectivity index (χ3v) is 16.1. The number of methoxy groups -OCH3 is 4. The molecule has 0 N–H and O–H groups in total. The number of thiazole rings is 2. The number of nitrogens with zero attached hydrogens (tertiary/aromatic N) is 6. The maximum absolute atomic E-state index is 14.0. The van der Waals surface area contributed by atoms with Crippen LogP contribution < -0.4 is 28.7 Å². The highest BCUT2D eigenvalue weighted by atomic mass is 32.2. The molecular formula is C42H42F4N6O8S4. The van der Waals surface area contributed by atoms with Gasteiger partial charge >= 0.3 is 0 Å². The van der Waals surface area contributed by atoms with Crippen molar-refractivity contribution in [1.82, 2.24) is 18.6 Å². The molecule has 0 unspecified atom stereocenters. The third-order valence-electron chi connectivity index (χ3n) is 10.4. The number of rotatable bonds is 12. The molecule has 2 aliphatic heterocycles. The molecule has 0 aliphatic carbocycles. The molecule has 8 rings (SSSR count). The van der Waals surface area contributed by atoms with Gasteiger partial charge in [0.1, 0.15) is 56.1 Å². The number of benzene rings is 4. The van der Waals surface area contributed by atoms with Gasteiger partial charge in [-0.2, -0.15) is 8.61 Å². The van der Waals surface area contributed by atoms with Gasteiger partial charge < -0.3 is 28.7 Å². The van der Waals surface area contributed by atoms with Crippen LogP contribution in [0.2, 0.25) is 0 Å². The van der Waals surface area contributed by atoms with Crippen LogP contribution in [0.5, 0.6) is 23.0 Å². The zero-order chi connectivity index (χ0) is 45.8. The SMILES string of the molecule is COc1ccc(-c2csc(N3CCN(S(=O)(=O)c4ccc(F)cc4F)CC3)n2)c(OC)c1.COc1ccc(OC)c(-c2csc(N3CCN(S(=O)(=O)c4ccc(F)cc4F)CC3)n2)c1. The summed E-state index contributed by atoms with van der Waals surface area (Å²) in [5, 5.41) is 5.32. The summed E-state index contributed by atoms with van der Waals surface area (Å²) in [6, 6.07) is 15.9. The standard InChI is InChI=1S/2C21H21F2N3O4S2/c1-29-15-4-5-19(30-2)16(12-15)18-13-31-21(24-18)25-7-9-26(10-8-25)32(27,28)20-6-3-14(22)11-17(20)23;1-29-15-4-5-16(19(12-15)30-2)18-13-31-21(24-18)25-7-9-26(10-8-25)32(27,28)20-6-3-14(22)11-17(20)23/h2*3-6,11-13H,7-10H2,1-2H3. The number of hydrogen-bond acceptors (Lipinski definition) is 14. The first-order valence-electron chi connectivity index (χ1n) is 19.4. The van der Waals surface area contributed by atoms with Gasteiger partial charge in [-0.15, -0.1) is 22.7 Å². The molecule has 6 aromatic rings. The topological polar surface area (TPSA) is 144 Å². The van der Waals surface area contributed by atoms with Crippen LogP contribution in [0.15, 0.2) is 93.3 Å². The molecule has 0 radical (unpaired) electrons. The molecule has 2 saturated heterocycles. The van der Waals surface area contributed by atoms with Crippen molar-refractivity contribution in [3.05, 3.63) is 107 Å². The molecule has 14 nitrogen and oxygen atoms in total. The molecule has 64 heavy (non-hydrogen) atoms. The largest absolute Gasteiger partial charge is 0.497 e. The third kappa shape index (κ3) is 9.91. The second-order valence-electron chi connectivity index (χ2n) is 14.1. The summed E-state index contributed by atoms with van der Waals surface area (Å²) in [6.07, 6.45) is 0. The van der Waals surface area contributed by atoms with E-state index in [0.717, 1.165) is 57.0 Å².